The molecule has 1 atom stereocenters. The Morgan fingerprint density at radius 1 is 1.33 bits per heavy atom. The van der Waals surface area contributed by atoms with Crippen molar-refractivity contribution in [3.63, 3.8) is 0 Å². The molecule has 0 saturated heterocycles. The lowest BCUT2D eigenvalue weighted by atomic mass is 10.00. The van der Waals surface area contributed by atoms with Crippen LogP contribution in [0, 0.1) is 6.92 Å². The molecule has 0 aliphatic carbocycles. The average molecular weight is 285 g/mol. The van der Waals surface area contributed by atoms with Gasteiger partial charge in [0.1, 0.15) is 0 Å². The smallest absolute Gasteiger partial charge is 0.0758 e. The highest BCUT2D eigenvalue weighted by Crippen LogP contribution is 2.31. The molecule has 0 fully saturated rings. The van der Waals surface area contributed by atoms with Gasteiger partial charge in [-0.3, -0.25) is 10.5 Å². The summed E-state index contributed by atoms with van der Waals surface area (Å²) in [6, 6.07) is 5.08. The van der Waals surface area contributed by atoms with Crippen LogP contribution in [-0.2, 0) is 7.05 Å². The van der Waals surface area contributed by atoms with Crippen molar-refractivity contribution in [2.24, 2.45) is 12.9 Å². The maximum absolute atomic E-state index is 6.20. The molecule has 1 aromatic heterocycles. The van der Waals surface area contributed by atoms with Crippen LogP contribution in [0.25, 0.3) is 0 Å². The molecule has 2 rings (SSSR count). The summed E-state index contributed by atoms with van der Waals surface area (Å²) < 4.78 is 1.74. The van der Waals surface area contributed by atoms with Gasteiger partial charge in [-0.1, -0.05) is 23.2 Å². The minimum atomic E-state index is -0.232. The predicted molar refractivity (Wildman–Crippen MR) is 73.6 cm³/mol. The lowest BCUT2D eigenvalue weighted by molar-refractivity contribution is 0.633. The summed E-state index contributed by atoms with van der Waals surface area (Å²) in [6.07, 6.45) is 1.91. The summed E-state index contributed by atoms with van der Waals surface area (Å²) in [5.41, 5.74) is 5.47. The molecule has 0 spiro atoms. The van der Waals surface area contributed by atoms with Gasteiger partial charge in [-0.25, -0.2) is 5.43 Å². The van der Waals surface area contributed by atoms with Crippen molar-refractivity contribution in [1.29, 1.82) is 0 Å². The molecule has 0 aliphatic heterocycles. The van der Waals surface area contributed by atoms with Crippen molar-refractivity contribution in [2.75, 3.05) is 0 Å². The van der Waals surface area contributed by atoms with Gasteiger partial charge in [0.25, 0.3) is 0 Å². The van der Waals surface area contributed by atoms with Gasteiger partial charge in [0, 0.05) is 28.9 Å². The highest BCUT2D eigenvalue weighted by molar-refractivity contribution is 6.33. The number of hydrazine groups is 1. The fraction of sp³-hybridized carbons (Fsp3) is 0.250. The highest BCUT2D eigenvalue weighted by atomic mass is 35.5. The predicted octanol–water partition coefficient (Wildman–Crippen LogP) is 2.59. The molecule has 1 unspecified atom stereocenters. The molecule has 18 heavy (non-hydrogen) atoms. The number of nitrogens with two attached hydrogens (primary N) is 1. The summed E-state index contributed by atoms with van der Waals surface area (Å²) >= 11 is 12.2. The summed E-state index contributed by atoms with van der Waals surface area (Å²) in [5.74, 6) is 5.65. The van der Waals surface area contributed by atoms with Crippen LogP contribution >= 0.6 is 23.2 Å². The number of hydrogen-bond acceptors (Lipinski definition) is 3. The number of benzene rings is 1. The third-order valence-electron chi connectivity index (χ3n) is 2.80. The largest absolute Gasteiger partial charge is 0.275 e. The van der Waals surface area contributed by atoms with Crippen LogP contribution in [0.1, 0.15) is 22.9 Å². The molecule has 1 aromatic carbocycles. The Morgan fingerprint density at radius 2 is 2.06 bits per heavy atom. The van der Waals surface area contributed by atoms with Gasteiger partial charge < -0.3 is 0 Å². The molecule has 6 heteroatoms. The second-order valence-electron chi connectivity index (χ2n) is 4.11. The molecule has 0 amide bonds. The average Bonchev–Trinajstić information content (AvgIpc) is 2.64. The quantitative estimate of drug-likeness (QED) is 0.673. The van der Waals surface area contributed by atoms with Crippen molar-refractivity contribution in [2.45, 2.75) is 13.0 Å². The van der Waals surface area contributed by atoms with E-state index in [0.717, 1.165) is 16.8 Å². The molecule has 96 valence electrons. The topological polar surface area (TPSA) is 55.9 Å². The Hall–Kier alpha value is -1.07. The van der Waals surface area contributed by atoms with Crippen LogP contribution in [0.15, 0.2) is 24.4 Å². The minimum Gasteiger partial charge on any atom is -0.275 e. The molecule has 2 aromatic rings. The number of rotatable bonds is 3. The van der Waals surface area contributed by atoms with E-state index in [9.17, 15) is 0 Å². The van der Waals surface area contributed by atoms with Gasteiger partial charge in [0.2, 0.25) is 0 Å². The van der Waals surface area contributed by atoms with Crippen molar-refractivity contribution >= 4 is 23.2 Å². The van der Waals surface area contributed by atoms with Crippen LogP contribution < -0.4 is 11.3 Å². The standard InChI is InChI=1S/C12H14Cl2N4/c1-7-10(6-18(2)17-7)12(16-15)9-5-8(13)3-4-11(9)14/h3-6,12,16H,15H2,1-2H3. The molecule has 0 radical (unpaired) electrons. The van der Waals surface area contributed by atoms with Crippen LogP contribution in [0.4, 0.5) is 0 Å². The molecule has 0 saturated carbocycles. The SMILES string of the molecule is Cc1nn(C)cc1C(NN)c1cc(Cl)ccc1Cl. The number of aromatic nitrogens is 2. The van der Waals surface area contributed by atoms with Gasteiger partial charge in [-0.15, -0.1) is 0 Å². The Balaban J connectivity index is 2.51. The lowest BCUT2D eigenvalue weighted by Gasteiger charge is -2.17. The molecule has 1 heterocycles. The number of nitrogens with zero attached hydrogens (tertiary/aromatic N) is 2. The van der Waals surface area contributed by atoms with Gasteiger partial charge in [-0.05, 0) is 30.7 Å². The van der Waals surface area contributed by atoms with Crippen LogP contribution in [0.5, 0.6) is 0 Å². The van der Waals surface area contributed by atoms with Crippen LogP contribution in [0.3, 0.4) is 0 Å². The Morgan fingerprint density at radius 3 is 2.61 bits per heavy atom. The first-order chi connectivity index (χ1) is 8.52. The van der Waals surface area contributed by atoms with E-state index in [2.05, 4.69) is 10.5 Å². The summed E-state index contributed by atoms with van der Waals surface area (Å²) in [6.45, 7) is 1.93. The molecular formula is C12H14Cl2N4. The second kappa shape index (κ2) is 5.28. The Bertz CT molecular complexity index is 565. The first-order valence-electron chi connectivity index (χ1n) is 5.44. The number of aryl methyl sites for hydroxylation is 2. The van der Waals surface area contributed by atoms with Gasteiger partial charge in [0.05, 0.1) is 11.7 Å². The first kappa shape index (κ1) is 13.4. The van der Waals surface area contributed by atoms with Gasteiger partial charge >= 0.3 is 0 Å². The monoisotopic (exact) mass is 284 g/mol. The zero-order chi connectivity index (χ0) is 13.3. The van der Waals surface area contributed by atoms with Crippen molar-refractivity contribution in [1.82, 2.24) is 15.2 Å². The lowest BCUT2D eigenvalue weighted by Crippen LogP contribution is -2.29. The molecular weight excluding hydrogens is 271 g/mol. The second-order valence-corrected chi connectivity index (χ2v) is 4.95. The normalized spacial score (nSPS) is 12.7. The maximum Gasteiger partial charge on any atom is 0.0758 e. The fourth-order valence-electron chi connectivity index (χ4n) is 1.98. The summed E-state index contributed by atoms with van der Waals surface area (Å²) in [7, 11) is 1.86. The van der Waals surface area contributed by atoms with Crippen molar-refractivity contribution < 1.29 is 0 Å². The van der Waals surface area contributed by atoms with Crippen molar-refractivity contribution in [3.05, 3.63) is 51.3 Å². The maximum atomic E-state index is 6.20. The van der Waals surface area contributed by atoms with E-state index in [1.165, 1.54) is 0 Å². The minimum absolute atomic E-state index is 0.232. The Labute approximate surface area is 116 Å². The Kier molecular flexibility index (Phi) is 3.92. The van der Waals surface area contributed by atoms with E-state index < -0.39 is 0 Å². The fourth-order valence-corrected chi connectivity index (χ4v) is 2.39. The number of halogens is 2. The number of nitrogens with one attached hydrogen (secondary N) is 1. The van der Waals surface area contributed by atoms with E-state index in [1.807, 2.05) is 20.2 Å². The zero-order valence-electron chi connectivity index (χ0n) is 10.1. The van der Waals surface area contributed by atoms with E-state index in [-0.39, 0.29) is 6.04 Å². The van der Waals surface area contributed by atoms with E-state index in [0.29, 0.717) is 10.0 Å². The zero-order valence-corrected chi connectivity index (χ0v) is 11.6. The summed E-state index contributed by atoms with van der Waals surface area (Å²) in [5, 5.41) is 5.54. The van der Waals surface area contributed by atoms with Crippen LogP contribution in [-0.4, -0.2) is 9.78 Å². The van der Waals surface area contributed by atoms with Gasteiger partial charge in [-0.2, -0.15) is 5.10 Å². The molecule has 4 nitrogen and oxygen atoms in total. The third-order valence-corrected chi connectivity index (χ3v) is 3.38. The first-order valence-corrected chi connectivity index (χ1v) is 6.19. The van der Waals surface area contributed by atoms with E-state index in [4.69, 9.17) is 29.0 Å². The highest BCUT2D eigenvalue weighted by Gasteiger charge is 2.20. The van der Waals surface area contributed by atoms with Gasteiger partial charge in [0.15, 0.2) is 0 Å². The van der Waals surface area contributed by atoms with Crippen LogP contribution in [0.2, 0.25) is 10.0 Å². The van der Waals surface area contributed by atoms with E-state index >= 15 is 0 Å². The molecule has 0 aliphatic rings. The van der Waals surface area contributed by atoms with Crippen molar-refractivity contribution in [3.8, 4) is 0 Å². The molecule has 0 bridgehead atoms. The number of hydrogen-bond donors (Lipinski definition) is 2. The molecule has 3 N–H and O–H groups in total. The summed E-state index contributed by atoms with van der Waals surface area (Å²) in [4.78, 5) is 0. The third kappa shape index (κ3) is 2.52. The van der Waals surface area contributed by atoms with E-state index in [1.54, 1.807) is 22.9 Å².